The van der Waals surface area contributed by atoms with Crippen molar-refractivity contribution in [2.24, 2.45) is 0 Å². The third kappa shape index (κ3) is 2.45. The summed E-state index contributed by atoms with van der Waals surface area (Å²) in [6.07, 6.45) is 1.30. The van der Waals surface area contributed by atoms with Crippen LogP contribution in [-0.4, -0.2) is 15.9 Å². The molecule has 3 N–H and O–H groups in total. The molecule has 0 spiro atoms. The maximum atomic E-state index is 13.5. The zero-order valence-electron chi connectivity index (χ0n) is 9.61. The highest BCUT2D eigenvalue weighted by Crippen LogP contribution is 2.14. The second-order valence-corrected chi connectivity index (χ2v) is 4.54. The molecule has 5 nitrogen and oxygen atoms in total. The summed E-state index contributed by atoms with van der Waals surface area (Å²) >= 11 is 1.44. The van der Waals surface area contributed by atoms with Crippen LogP contribution in [0.1, 0.15) is 20.9 Å². The van der Waals surface area contributed by atoms with E-state index < -0.39 is 11.7 Å². The Morgan fingerprint density at radius 1 is 1.56 bits per heavy atom. The molecule has 0 aliphatic carbocycles. The third-order valence-corrected chi connectivity index (χ3v) is 3.35. The number of rotatable bonds is 3. The van der Waals surface area contributed by atoms with E-state index in [9.17, 15) is 9.18 Å². The first-order valence-electron chi connectivity index (χ1n) is 5.16. The summed E-state index contributed by atoms with van der Waals surface area (Å²) in [7, 11) is 0. The predicted octanol–water partition coefficient (Wildman–Crippen LogP) is 1.50. The molecule has 0 saturated carbocycles. The van der Waals surface area contributed by atoms with Gasteiger partial charge in [0.1, 0.15) is 0 Å². The number of amides is 1. The van der Waals surface area contributed by atoms with Crippen molar-refractivity contribution in [3.63, 3.8) is 0 Å². The van der Waals surface area contributed by atoms with Gasteiger partial charge in [0.15, 0.2) is 11.6 Å². The van der Waals surface area contributed by atoms with Gasteiger partial charge >= 0.3 is 0 Å². The van der Waals surface area contributed by atoms with E-state index >= 15 is 0 Å². The molecule has 94 valence electrons. The molecule has 0 aliphatic rings. The van der Waals surface area contributed by atoms with Crippen LogP contribution >= 0.6 is 11.3 Å². The van der Waals surface area contributed by atoms with Crippen LogP contribution in [0.15, 0.2) is 17.8 Å². The van der Waals surface area contributed by atoms with Crippen LogP contribution in [-0.2, 0) is 6.54 Å². The fraction of sp³-hybridized carbons (Fsp3) is 0.182. The molecule has 2 heterocycles. The van der Waals surface area contributed by atoms with Crippen molar-refractivity contribution in [3.05, 3.63) is 39.7 Å². The van der Waals surface area contributed by atoms with E-state index in [1.807, 2.05) is 6.92 Å². The van der Waals surface area contributed by atoms with Crippen molar-refractivity contribution < 1.29 is 9.18 Å². The van der Waals surface area contributed by atoms with Gasteiger partial charge < -0.3 is 11.1 Å². The molecule has 0 radical (unpaired) electrons. The van der Waals surface area contributed by atoms with Crippen molar-refractivity contribution in [3.8, 4) is 0 Å². The standard InChI is InChI=1S/C11H11FN4OS/c1-6-8(18-5-16-6)4-15-11(17)7-2-3-14-10(13)9(7)12/h2-3,5H,4H2,1H3,(H2,13,14)(H,15,17). The van der Waals surface area contributed by atoms with Gasteiger partial charge in [-0.05, 0) is 13.0 Å². The molecule has 0 fully saturated rings. The summed E-state index contributed by atoms with van der Waals surface area (Å²) in [5.41, 5.74) is 7.75. The number of hydrogen-bond donors (Lipinski definition) is 2. The molecule has 7 heteroatoms. The van der Waals surface area contributed by atoms with Crippen molar-refractivity contribution in [1.82, 2.24) is 15.3 Å². The Bertz CT molecular complexity index is 584. The van der Waals surface area contributed by atoms with Gasteiger partial charge in [-0.25, -0.2) is 14.4 Å². The number of hydrogen-bond acceptors (Lipinski definition) is 5. The number of nitrogens with two attached hydrogens (primary N) is 1. The van der Waals surface area contributed by atoms with E-state index in [1.165, 1.54) is 23.6 Å². The summed E-state index contributed by atoms with van der Waals surface area (Å²) in [5.74, 6) is -1.60. The first kappa shape index (κ1) is 12.4. The third-order valence-electron chi connectivity index (χ3n) is 2.42. The van der Waals surface area contributed by atoms with Crippen molar-refractivity contribution in [1.29, 1.82) is 0 Å². The van der Waals surface area contributed by atoms with E-state index in [2.05, 4.69) is 15.3 Å². The average molecular weight is 266 g/mol. The van der Waals surface area contributed by atoms with Crippen molar-refractivity contribution in [2.75, 3.05) is 5.73 Å². The Balaban J connectivity index is 2.09. The van der Waals surface area contributed by atoms with Crippen LogP contribution in [0, 0.1) is 12.7 Å². The topological polar surface area (TPSA) is 80.9 Å². The van der Waals surface area contributed by atoms with E-state index in [-0.39, 0.29) is 11.4 Å². The monoisotopic (exact) mass is 266 g/mol. The summed E-state index contributed by atoms with van der Waals surface area (Å²) in [4.78, 5) is 20.3. The number of nitrogens with one attached hydrogen (secondary N) is 1. The second-order valence-electron chi connectivity index (χ2n) is 3.60. The number of nitrogen functional groups attached to an aromatic ring is 1. The second kappa shape index (κ2) is 5.09. The maximum absolute atomic E-state index is 13.5. The number of anilines is 1. The largest absolute Gasteiger partial charge is 0.381 e. The zero-order chi connectivity index (χ0) is 13.1. The molecule has 0 unspecified atom stereocenters. The lowest BCUT2D eigenvalue weighted by molar-refractivity contribution is 0.0947. The molecule has 0 aromatic carbocycles. The highest BCUT2D eigenvalue weighted by molar-refractivity contribution is 7.09. The van der Waals surface area contributed by atoms with Crippen LogP contribution in [0.4, 0.5) is 10.2 Å². The maximum Gasteiger partial charge on any atom is 0.254 e. The minimum Gasteiger partial charge on any atom is -0.381 e. The summed E-state index contributed by atoms with van der Waals surface area (Å²) in [6, 6.07) is 1.29. The molecule has 2 aromatic heterocycles. The van der Waals surface area contributed by atoms with Crippen LogP contribution in [0.25, 0.3) is 0 Å². The highest BCUT2D eigenvalue weighted by atomic mass is 32.1. The predicted molar refractivity (Wildman–Crippen MR) is 66.6 cm³/mol. The smallest absolute Gasteiger partial charge is 0.254 e. The van der Waals surface area contributed by atoms with Crippen LogP contribution in [0.3, 0.4) is 0 Å². The van der Waals surface area contributed by atoms with Crippen LogP contribution in [0.2, 0.25) is 0 Å². The number of pyridine rings is 1. The fourth-order valence-electron chi connectivity index (χ4n) is 1.39. The van der Waals surface area contributed by atoms with Crippen molar-refractivity contribution >= 4 is 23.1 Å². The average Bonchev–Trinajstić information content (AvgIpc) is 2.75. The molecule has 18 heavy (non-hydrogen) atoms. The molecular weight excluding hydrogens is 255 g/mol. The van der Waals surface area contributed by atoms with Gasteiger partial charge in [0.2, 0.25) is 0 Å². The van der Waals surface area contributed by atoms with Gasteiger partial charge in [-0.3, -0.25) is 4.79 Å². The Hall–Kier alpha value is -2.02. The lowest BCUT2D eigenvalue weighted by atomic mass is 10.2. The molecule has 0 aliphatic heterocycles. The first-order chi connectivity index (χ1) is 8.59. The molecule has 2 aromatic rings. The number of aromatic nitrogens is 2. The van der Waals surface area contributed by atoms with E-state index in [0.717, 1.165) is 10.6 Å². The Morgan fingerprint density at radius 2 is 2.33 bits per heavy atom. The fourth-order valence-corrected chi connectivity index (χ4v) is 2.10. The van der Waals surface area contributed by atoms with Crippen LogP contribution in [0.5, 0.6) is 0 Å². The van der Waals surface area contributed by atoms with E-state index in [4.69, 9.17) is 5.73 Å². The minimum absolute atomic E-state index is 0.107. The SMILES string of the molecule is Cc1ncsc1CNC(=O)c1ccnc(N)c1F. The Labute approximate surface area is 107 Å². The van der Waals surface area contributed by atoms with E-state index in [1.54, 1.807) is 5.51 Å². The highest BCUT2D eigenvalue weighted by Gasteiger charge is 2.14. The number of nitrogens with zero attached hydrogens (tertiary/aromatic N) is 2. The van der Waals surface area contributed by atoms with Gasteiger partial charge in [-0.15, -0.1) is 11.3 Å². The summed E-state index contributed by atoms with van der Waals surface area (Å²) in [6.45, 7) is 2.17. The number of aryl methyl sites for hydroxylation is 1. The lowest BCUT2D eigenvalue weighted by Gasteiger charge is -2.06. The van der Waals surface area contributed by atoms with Gasteiger partial charge in [0.25, 0.3) is 5.91 Å². The van der Waals surface area contributed by atoms with Gasteiger partial charge in [-0.1, -0.05) is 0 Å². The Kier molecular flexibility index (Phi) is 3.52. The molecule has 2 rings (SSSR count). The quantitative estimate of drug-likeness (QED) is 0.882. The van der Waals surface area contributed by atoms with Crippen LogP contribution < -0.4 is 11.1 Å². The van der Waals surface area contributed by atoms with Gasteiger partial charge in [0, 0.05) is 11.1 Å². The molecule has 0 atom stereocenters. The number of carbonyl (C=O) groups is 1. The zero-order valence-corrected chi connectivity index (χ0v) is 10.4. The normalized spacial score (nSPS) is 10.3. The number of halogens is 1. The molecular formula is C11H11FN4OS. The first-order valence-corrected chi connectivity index (χ1v) is 6.04. The Morgan fingerprint density at radius 3 is 3.00 bits per heavy atom. The van der Waals surface area contributed by atoms with Gasteiger partial charge in [-0.2, -0.15) is 0 Å². The van der Waals surface area contributed by atoms with E-state index in [0.29, 0.717) is 6.54 Å². The number of thiazole rings is 1. The van der Waals surface area contributed by atoms with Crippen molar-refractivity contribution in [2.45, 2.75) is 13.5 Å². The lowest BCUT2D eigenvalue weighted by Crippen LogP contribution is -2.24. The molecule has 0 saturated heterocycles. The summed E-state index contributed by atoms with van der Waals surface area (Å²) < 4.78 is 13.5. The molecule has 1 amide bonds. The summed E-state index contributed by atoms with van der Waals surface area (Å²) in [5, 5.41) is 2.62. The molecule has 0 bridgehead atoms. The minimum atomic E-state index is -0.795. The number of carbonyl (C=O) groups excluding carboxylic acids is 1. The van der Waals surface area contributed by atoms with Gasteiger partial charge in [0.05, 0.1) is 23.3 Å².